The van der Waals surface area contributed by atoms with Crippen LogP contribution in [0, 0.1) is 6.92 Å². The fourth-order valence-electron chi connectivity index (χ4n) is 3.58. The van der Waals surface area contributed by atoms with E-state index in [-0.39, 0.29) is 0 Å². The van der Waals surface area contributed by atoms with Crippen LogP contribution in [0.5, 0.6) is 0 Å². The largest absolute Gasteiger partial charge is 0.387 e. The summed E-state index contributed by atoms with van der Waals surface area (Å²) in [6.45, 7) is 3.64. The van der Waals surface area contributed by atoms with Crippen molar-refractivity contribution >= 4 is 12.0 Å². The SMILES string of the molecule is Cc1ccc(C(O)CN2CCCC2c2ccc(C=CC(=O)NO)cc2)cc1. The summed E-state index contributed by atoms with van der Waals surface area (Å²) < 4.78 is 0. The highest BCUT2D eigenvalue weighted by Gasteiger charge is 2.27. The van der Waals surface area contributed by atoms with E-state index in [2.05, 4.69) is 17.0 Å². The van der Waals surface area contributed by atoms with Crippen LogP contribution in [-0.2, 0) is 4.79 Å². The summed E-state index contributed by atoms with van der Waals surface area (Å²) in [6.07, 6.45) is 4.63. The Morgan fingerprint density at radius 1 is 1.22 bits per heavy atom. The lowest BCUT2D eigenvalue weighted by molar-refractivity contribution is -0.124. The zero-order valence-corrected chi connectivity index (χ0v) is 15.5. The molecule has 1 aliphatic heterocycles. The standard InChI is InChI=1S/C22H26N2O3/c1-16-4-9-19(10-5-16)21(25)15-24-14-2-3-20(24)18-11-6-17(7-12-18)8-13-22(26)23-27/h4-13,20-21,25,27H,2-3,14-15H2,1H3,(H,23,26). The number of hydrogen-bond acceptors (Lipinski definition) is 4. The van der Waals surface area contributed by atoms with Crippen molar-refractivity contribution < 1.29 is 15.1 Å². The summed E-state index contributed by atoms with van der Waals surface area (Å²) in [7, 11) is 0. The van der Waals surface area contributed by atoms with Gasteiger partial charge in [0.25, 0.3) is 5.91 Å². The number of hydrogen-bond donors (Lipinski definition) is 3. The van der Waals surface area contributed by atoms with Crippen molar-refractivity contribution in [2.45, 2.75) is 31.9 Å². The first-order chi connectivity index (χ1) is 13.1. The van der Waals surface area contributed by atoms with Gasteiger partial charge in [-0.2, -0.15) is 0 Å². The number of nitrogens with one attached hydrogen (secondary N) is 1. The first-order valence-electron chi connectivity index (χ1n) is 9.27. The van der Waals surface area contributed by atoms with Crippen molar-refractivity contribution in [1.82, 2.24) is 10.4 Å². The molecular weight excluding hydrogens is 340 g/mol. The van der Waals surface area contributed by atoms with Crippen molar-refractivity contribution in [1.29, 1.82) is 0 Å². The molecule has 2 aromatic carbocycles. The molecule has 1 aliphatic rings. The molecule has 0 aliphatic carbocycles. The van der Waals surface area contributed by atoms with Crippen LogP contribution in [0.4, 0.5) is 0 Å². The van der Waals surface area contributed by atoms with E-state index in [0.717, 1.165) is 30.5 Å². The van der Waals surface area contributed by atoms with Gasteiger partial charge < -0.3 is 5.11 Å². The van der Waals surface area contributed by atoms with Gasteiger partial charge in [-0.25, -0.2) is 5.48 Å². The van der Waals surface area contributed by atoms with Crippen molar-refractivity contribution in [2.24, 2.45) is 0 Å². The normalized spacial score (nSPS) is 18.7. The molecular formula is C22H26N2O3. The van der Waals surface area contributed by atoms with E-state index in [1.165, 1.54) is 17.2 Å². The van der Waals surface area contributed by atoms with Gasteiger partial charge in [0.1, 0.15) is 0 Å². The van der Waals surface area contributed by atoms with E-state index >= 15 is 0 Å². The van der Waals surface area contributed by atoms with Gasteiger partial charge in [0.05, 0.1) is 6.10 Å². The molecule has 2 unspecified atom stereocenters. The fraction of sp³-hybridized carbons (Fsp3) is 0.318. The van der Waals surface area contributed by atoms with E-state index in [1.807, 2.05) is 43.3 Å². The highest BCUT2D eigenvalue weighted by Crippen LogP contribution is 2.33. The second-order valence-corrected chi connectivity index (χ2v) is 7.06. The molecule has 0 bridgehead atoms. The number of amides is 1. The lowest BCUT2D eigenvalue weighted by Crippen LogP contribution is -2.28. The Labute approximate surface area is 159 Å². The minimum absolute atomic E-state index is 0.295. The third-order valence-electron chi connectivity index (χ3n) is 5.09. The minimum Gasteiger partial charge on any atom is -0.387 e. The molecule has 0 radical (unpaired) electrons. The predicted molar refractivity (Wildman–Crippen MR) is 105 cm³/mol. The van der Waals surface area contributed by atoms with Gasteiger partial charge in [-0.3, -0.25) is 14.9 Å². The van der Waals surface area contributed by atoms with E-state index in [4.69, 9.17) is 5.21 Å². The number of hydroxylamine groups is 1. The summed E-state index contributed by atoms with van der Waals surface area (Å²) >= 11 is 0. The average molecular weight is 366 g/mol. The monoisotopic (exact) mass is 366 g/mol. The lowest BCUT2D eigenvalue weighted by Gasteiger charge is -2.27. The second kappa shape index (κ2) is 8.95. The highest BCUT2D eigenvalue weighted by atomic mass is 16.5. The zero-order valence-electron chi connectivity index (χ0n) is 15.5. The van der Waals surface area contributed by atoms with Crippen LogP contribution in [-0.4, -0.2) is 34.2 Å². The number of nitrogens with zero attached hydrogens (tertiary/aromatic N) is 1. The maximum atomic E-state index is 11.1. The first kappa shape index (κ1) is 19.3. The Bertz CT molecular complexity index is 784. The Balaban J connectivity index is 1.66. The summed E-state index contributed by atoms with van der Waals surface area (Å²) in [5, 5.41) is 19.1. The molecule has 1 fully saturated rings. The van der Waals surface area contributed by atoms with Gasteiger partial charge in [-0.1, -0.05) is 54.1 Å². The van der Waals surface area contributed by atoms with Crippen LogP contribution in [0.25, 0.3) is 6.08 Å². The second-order valence-electron chi connectivity index (χ2n) is 7.06. The molecule has 0 spiro atoms. The fourth-order valence-corrected chi connectivity index (χ4v) is 3.58. The number of aryl methyl sites for hydroxylation is 1. The number of benzene rings is 2. The molecule has 1 amide bonds. The summed E-state index contributed by atoms with van der Waals surface area (Å²) in [4.78, 5) is 13.4. The molecule has 0 saturated carbocycles. The van der Waals surface area contributed by atoms with Gasteiger partial charge in [0.15, 0.2) is 0 Å². The predicted octanol–water partition coefficient (Wildman–Crippen LogP) is 3.38. The molecule has 5 nitrogen and oxygen atoms in total. The third kappa shape index (κ3) is 5.04. The van der Waals surface area contributed by atoms with Crippen molar-refractivity contribution in [3.05, 3.63) is 76.9 Å². The maximum Gasteiger partial charge on any atom is 0.267 e. The molecule has 1 heterocycles. The number of aliphatic hydroxyl groups excluding tert-OH is 1. The van der Waals surface area contributed by atoms with Crippen molar-refractivity contribution in [3.8, 4) is 0 Å². The Morgan fingerprint density at radius 2 is 1.93 bits per heavy atom. The van der Waals surface area contributed by atoms with E-state index < -0.39 is 12.0 Å². The Hall–Kier alpha value is -2.47. The number of β-amino-alcohol motifs (C(OH)–C–C–N with tert-alkyl or cyclic N) is 1. The van der Waals surface area contributed by atoms with E-state index in [0.29, 0.717) is 12.6 Å². The van der Waals surface area contributed by atoms with Gasteiger partial charge in [-0.15, -0.1) is 0 Å². The number of rotatable bonds is 6. The van der Waals surface area contributed by atoms with Crippen LogP contribution in [0.2, 0.25) is 0 Å². The minimum atomic E-state index is -0.550. The lowest BCUT2D eigenvalue weighted by atomic mass is 10.0. The van der Waals surface area contributed by atoms with Crippen molar-refractivity contribution in [2.75, 3.05) is 13.1 Å². The van der Waals surface area contributed by atoms with Gasteiger partial charge >= 0.3 is 0 Å². The van der Waals surface area contributed by atoms with Gasteiger partial charge in [0, 0.05) is 18.7 Å². The molecule has 3 rings (SSSR count). The molecule has 3 N–H and O–H groups in total. The molecule has 27 heavy (non-hydrogen) atoms. The van der Waals surface area contributed by atoms with Crippen LogP contribution < -0.4 is 5.48 Å². The Kier molecular flexibility index (Phi) is 6.40. The summed E-state index contributed by atoms with van der Waals surface area (Å²) in [6, 6.07) is 16.4. The highest BCUT2D eigenvalue weighted by molar-refractivity contribution is 5.90. The molecule has 2 aromatic rings. The average Bonchev–Trinajstić information content (AvgIpc) is 3.15. The van der Waals surface area contributed by atoms with Crippen molar-refractivity contribution in [3.63, 3.8) is 0 Å². The van der Waals surface area contributed by atoms with Crippen LogP contribution in [0.15, 0.2) is 54.6 Å². The maximum absolute atomic E-state index is 11.1. The third-order valence-corrected chi connectivity index (χ3v) is 5.09. The van der Waals surface area contributed by atoms with Crippen LogP contribution >= 0.6 is 0 Å². The number of carbonyl (C=O) groups excluding carboxylic acids is 1. The van der Waals surface area contributed by atoms with Crippen LogP contribution in [0.1, 0.15) is 47.2 Å². The molecule has 5 heteroatoms. The topological polar surface area (TPSA) is 72.8 Å². The molecule has 2 atom stereocenters. The number of aliphatic hydroxyl groups is 1. The van der Waals surface area contributed by atoms with Gasteiger partial charge in [-0.05, 0) is 49.1 Å². The van der Waals surface area contributed by atoms with Gasteiger partial charge in [0.2, 0.25) is 0 Å². The summed E-state index contributed by atoms with van der Waals surface area (Å²) in [5.41, 5.74) is 5.83. The molecule has 1 saturated heterocycles. The molecule has 142 valence electrons. The number of carbonyl (C=O) groups is 1. The zero-order chi connectivity index (χ0) is 19.2. The summed E-state index contributed by atoms with van der Waals surface area (Å²) in [5.74, 6) is -0.550. The molecule has 0 aromatic heterocycles. The first-order valence-corrected chi connectivity index (χ1v) is 9.27. The van der Waals surface area contributed by atoms with E-state index in [1.54, 1.807) is 11.6 Å². The van der Waals surface area contributed by atoms with E-state index in [9.17, 15) is 9.90 Å². The number of likely N-dealkylation sites (tertiary alicyclic amines) is 1. The van der Waals surface area contributed by atoms with Crippen LogP contribution in [0.3, 0.4) is 0 Å². The smallest absolute Gasteiger partial charge is 0.267 e. The Morgan fingerprint density at radius 3 is 2.59 bits per heavy atom. The quantitative estimate of drug-likeness (QED) is 0.416.